The summed E-state index contributed by atoms with van der Waals surface area (Å²) in [6.07, 6.45) is 5.40. The SMILES string of the molecule is CC1CCC(COC(=O)NCc2ccccc2)(c2cn3nc(CCl)c(N4CCOCC4)nc3n2)CC1. The van der Waals surface area contributed by atoms with Crippen molar-refractivity contribution in [3.63, 3.8) is 0 Å². The summed E-state index contributed by atoms with van der Waals surface area (Å²) in [6.45, 7) is 5.76. The van der Waals surface area contributed by atoms with Crippen molar-refractivity contribution >= 4 is 29.3 Å². The number of alkyl halides is 1. The molecule has 1 amide bonds. The number of imidazole rings is 1. The molecule has 1 saturated carbocycles. The highest BCUT2D eigenvalue weighted by Gasteiger charge is 2.40. The second-order valence-electron chi connectivity index (χ2n) is 9.86. The van der Waals surface area contributed by atoms with Gasteiger partial charge in [0.25, 0.3) is 5.78 Å². The van der Waals surface area contributed by atoms with Crippen LogP contribution in [0.15, 0.2) is 36.5 Å². The third kappa shape index (κ3) is 5.42. The third-order valence-electron chi connectivity index (χ3n) is 7.33. The predicted molar refractivity (Wildman–Crippen MR) is 137 cm³/mol. The van der Waals surface area contributed by atoms with Crippen molar-refractivity contribution in [2.24, 2.45) is 5.92 Å². The van der Waals surface area contributed by atoms with Gasteiger partial charge in [-0.3, -0.25) is 0 Å². The van der Waals surface area contributed by atoms with Crippen molar-refractivity contribution < 1.29 is 14.3 Å². The highest BCUT2D eigenvalue weighted by Crippen LogP contribution is 2.41. The Morgan fingerprint density at radius 2 is 1.94 bits per heavy atom. The number of ether oxygens (including phenoxy) is 2. The fourth-order valence-electron chi connectivity index (χ4n) is 5.03. The van der Waals surface area contributed by atoms with Gasteiger partial charge < -0.3 is 19.7 Å². The third-order valence-corrected chi connectivity index (χ3v) is 7.59. The Labute approximate surface area is 216 Å². The van der Waals surface area contributed by atoms with E-state index in [1.54, 1.807) is 4.52 Å². The number of alkyl carbamates (subject to hydrolysis) is 1. The monoisotopic (exact) mass is 512 g/mol. The zero-order valence-electron chi connectivity index (χ0n) is 20.7. The Morgan fingerprint density at radius 1 is 1.19 bits per heavy atom. The van der Waals surface area contributed by atoms with Gasteiger partial charge in [-0.25, -0.2) is 14.3 Å². The number of carbonyl (C=O) groups excluding carboxylic acids is 1. The molecular weight excluding hydrogens is 480 g/mol. The maximum absolute atomic E-state index is 12.6. The molecule has 192 valence electrons. The molecule has 1 aromatic carbocycles. The van der Waals surface area contributed by atoms with Crippen LogP contribution in [-0.2, 0) is 27.3 Å². The van der Waals surface area contributed by atoms with E-state index in [0.717, 1.165) is 61.5 Å². The molecule has 2 aliphatic rings. The van der Waals surface area contributed by atoms with E-state index in [9.17, 15) is 4.79 Å². The minimum atomic E-state index is -0.420. The van der Waals surface area contributed by atoms with Gasteiger partial charge in [-0.05, 0) is 37.2 Å². The lowest BCUT2D eigenvalue weighted by Crippen LogP contribution is -2.39. The summed E-state index contributed by atoms with van der Waals surface area (Å²) in [7, 11) is 0. The van der Waals surface area contributed by atoms with E-state index in [4.69, 9.17) is 36.1 Å². The number of amides is 1. The zero-order valence-corrected chi connectivity index (χ0v) is 21.4. The molecule has 2 fully saturated rings. The number of aromatic nitrogens is 4. The van der Waals surface area contributed by atoms with Crippen LogP contribution in [-0.4, -0.2) is 58.6 Å². The summed E-state index contributed by atoms with van der Waals surface area (Å²) in [5, 5.41) is 7.61. The Morgan fingerprint density at radius 3 is 2.67 bits per heavy atom. The first kappa shape index (κ1) is 24.8. The maximum atomic E-state index is 12.6. The highest BCUT2D eigenvalue weighted by molar-refractivity contribution is 6.17. The first-order valence-corrected chi connectivity index (χ1v) is 13.2. The summed E-state index contributed by atoms with van der Waals surface area (Å²) in [5.41, 5.74) is 2.24. The van der Waals surface area contributed by atoms with Gasteiger partial charge in [0.2, 0.25) is 0 Å². The Balaban J connectivity index is 1.37. The average molecular weight is 513 g/mol. The number of morpholine rings is 1. The van der Waals surface area contributed by atoms with E-state index in [1.165, 1.54) is 0 Å². The molecule has 2 aromatic heterocycles. The van der Waals surface area contributed by atoms with E-state index in [0.29, 0.717) is 31.5 Å². The fourth-order valence-corrected chi connectivity index (χ4v) is 5.20. The summed E-state index contributed by atoms with van der Waals surface area (Å²) < 4.78 is 13.0. The molecule has 0 bridgehead atoms. The molecule has 36 heavy (non-hydrogen) atoms. The Kier molecular flexibility index (Phi) is 7.57. The van der Waals surface area contributed by atoms with Gasteiger partial charge in [-0.1, -0.05) is 37.3 Å². The van der Waals surface area contributed by atoms with Crippen LogP contribution in [0.4, 0.5) is 10.6 Å². The van der Waals surface area contributed by atoms with Gasteiger partial charge in [0.1, 0.15) is 12.3 Å². The molecule has 1 N–H and O–H groups in total. The fraction of sp³-hybridized carbons (Fsp3) is 0.538. The van der Waals surface area contributed by atoms with Crippen LogP contribution in [0, 0.1) is 5.92 Å². The summed E-state index contributed by atoms with van der Waals surface area (Å²) in [4.78, 5) is 24.5. The number of fused-ring (bicyclic) bond motifs is 1. The van der Waals surface area contributed by atoms with Gasteiger partial charge in [-0.15, -0.1) is 11.6 Å². The number of nitrogens with zero attached hydrogens (tertiary/aromatic N) is 5. The van der Waals surface area contributed by atoms with Gasteiger partial charge in [0.15, 0.2) is 5.82 Å². The molecule has 1 saturated heterocycles. The first-order valence-electron chi connectivity index (χ1n) is 12.7. The molecule has 0 radical (unpaired) electrons. The summed E-state index contributed by atoms with van der Waals surface area (Å²) in [6, 6.07) is 9.80. The number of halogens is 1. The number of rotatable bonds is 7. The molecule has 3 aromatic rings. The largest absolute Gasteiger partial charge is 0.449 e. The molecule has 1 aliphatic heterocycles. The smallest absolute Gasteiger partial charge is 0.407 e. The Bertz CT molecular complexity index is 1170. The molecule has 10 heteroatoms. The second kappa shape index (κ2) is 11.0. The standard InChI is InChI=1S/C26H33ClN6O3/c1-19-7-9-26(10-8-19,18-36-25(34)28-16-20-5-3-2-4-6-20)22-17-33-24(29-22)30-23(21(15-27)31-33)32-11-13-35-14-12-32/h2-6,17,19H,7-16,18H2,1H3,(H,28,34). The van der Waals surface area contributed by atoms with E-state index < -0.39 is 6.09 Å². The van der Waals surface area contributed by atoms with Crippen LogP contribution in [0.3, 0.4) is 0 Å². The number of hydrogen-bond donors (Lipinski definition) is 1. The predicted octanol–water partition coefficient (Wildman–Crippen LogP) is 4.07. The zero-order chi connectivity index (χ0) is 25.0. The van der Waals surface area contributed by atoms with Crippen molar-refractivity contribution in [3.05, 3.63) is 53.5 Å². The number of benzene rings is 1. The molecule has 1 aliphatic carbocycles. The second-order valence-corrected chi connectivity index (χ2v) is 10.1. The molecule has 3 heterocycles. The minimum absolute atomic E-state index is 0.260. The summed E-state index contributed by atoms with van der Waals surface area (Å²) in [5.74, 6) is 2.19. The van der Waals surface area contributed by atoms with Crippen molar-refractivity contribution in [2.75, 3.05) is 37.8 Å². The molecule has 0 atom stereocenters. The van der Waals surface area contributed by atoms with E-state index in [1.807, 2.05) is 36.5 Å². The number of carbonyl (C=O) groups is 1. The van der Waals surface area contributed by atoms with Crippen molar-refractivity contribution in [1.29, 1.82) is 0 Å². The molecule has 9 nitrogen and oxygen atoms in total. The average Bonchev–Trinajstić information content (AvgIpc) is 3.36. The van der Waals surface area contributed by atoms with Gasteiger partial charge in [0.05, 0.1) is 31.0 Å². The lowest BCUT2D eigenvalue weighted by Gasteiger charge is -2.37. The molecule has 0 spiro atoms. The summed E-state index contributed by atoms with van der Waals surface area (Å²) >= 11 is 6.25. The van der Waals surface area contributed by atoms with Crippen LogP contribution >= 0.6 is 11.6 Å². The van der Waals surface area contributed by atoms with Crippen LogP contribution in [0.1, 0.15) is 49.6 Å². The Hall–Kier alpha value is -2.91. The van der Waals surface area contributed by atoms with Crippen LogP contribution < -0.4 is 10.2 Å². The maximum Gasteiger partial charge on any atom is 0.407 e. The quantitative estimate of drug-likeness (QED) is 0.477. The van der Waals surface area contributed by atoms with Crippen LogP contribution in [0.2, 0.25) is 0 Å². The highest BCUT2D eigenvalue weighted by atomic mass is 35.5. The topological polar surface area (TPSA) is 93.9 Å². The molecule has 0 unspecified atom stereocenters. The number of anilines is 1. The van der Waals surface area contributed by atoms with Crippen LogP contribution in [0.5, 0.6) is 0 Å². The van der Waals surface area contributed by atoms with Gasteiger partial charge in [0, 0.05) is 25.0 Å². The van der Waals surface area contributed by atoms with Gasteiger partial charge in [-0.2, -0.15) is 10.1 Å². The first-order chi connectivity index (χ1) is 17.6. The van der Waals surface area contributed by atoms with E-state index in [2.05, 4.69) is 17.1 Å². The van der Waals surface area contributed by atoms with Crippen molar-refractivity contribution in [2.45, 2.75) is 50.4 Å². The van der Waals surface area contributed by atoms with Gasteiger partial charge >= 0.3 is 6.09 Å². The molecular formula is C26H33ClN6O3. The normalized spacial score (nSPS) is 22.5. The lowest BCUT2D eigenvalue weighted by atomic mass is 9.69. The minimum Gasteiger partial charge on any atom is -0.449 e. The number of nitrogens with one attached hydrogen (secondary N) is 1. The number of hydrogen-bond acceptors (Lipinski definition) is 7. The van der Waals surface area contributed by atoms with E-state index in [-0.39, 0.29) is 17.9 Å². The lowest BCUT2D eigenvalue weighted by molar-refractivity contribution is 0.0889. The van der Waals surface area contributed by atoms with Crippen molar-refractivity contribution in [3.8, 4) is 0 Å². The molecule has 5 rings (SSSR count). The van der Waals surface area contributed by atoms with Crippen LogP contribution in [0.25, 0.3) is 5.78 Å². The van der Waals surface area contributed by atoms with Crippen molar-refractivity contribution in [1.82, 2.24) is 24.9 Å². The van der Waals surface area contributed by atoms with E-state index >= 15 is 0 Å².